The van der Waals surface area contributed by atoms with Crippen molar-refractivity contribution in [1.82, 2.24) is 9.80 Å². The minimum absolute atomic E-state index is 0. The van der Waals surface area contributed by atoms with Crippen molar-refractivity contribution in [1.29, 1.82) is 0 Å². The van der Waals surface area contributed by atoms with Gasteiger partial charge in [0.2, 0.25) is 0 Å². The fraction of sp³-hybridized carbons (Fsp3) is 0.273. The fourth-order valence-electron chi connectivity index (χ4n) is 2.39. The molecule has 0 heterocycles. The maximum atomic E-state index is 5.49. The van der Waals surface area contributed by atoms with Gasteiger partial charge in [0.25, 0.3) is 0 Å². The molecule has 6 nitrogen and oxygen atoms in total. The minimum atomic E-state index is 0. The number of hydrogen-bond acceptors (Lipinski definition) is 8. The topological polar surface area (TPSA) is 55.9 Å². The molecule has 2 aromatic carbocycles. The first-order valence-corrected chi connectivity index (χ1v) is 10.3. The Labute approximate surface area is 206 Å². The number of azo groups is 2. The number of nitrogens with zero attached hydrogens (tertiary/aromatic N) is 6. The standard InChI is InChI=1S/C22H28N6S2.Ni/c1-27(2)21(29)19(17-11-7-5-8-12-17)25-23-15-16-24-26-20(22(30)28(3)4)18-13-9-6-10-14-18;/h5-14,29-30H,15-16H2,1-4H3;/q;+2/p-2/b21-19-,22-20-,25-23?,26-24?;. The van der Waals surface area contributed by atoms with Gasteiger partial charge in [0.05, 0.1) is 24.5 Å². The van der Waals surface area contributed by atoms with Gasteiger partial charge in [-0.3, -0.25) is 0 Å². The maximum absolute atomic E-state index is 5.49. The Morgan fingerprint density at radius 3 is 1.26 bits per heavy atom. The predicted octanol–water partition coefficient (Wildman–Crippen LogP) is 4.76. The molecule has 2 aromatic rings. The molecule has 0 aliphatic carbocycles. The Morgan fingerprint density at radius 2 is 0.968 bits per heavy atom. The van der Waals surface area contributed by atoms with Crippen molar-refractivity contribution in [3.05, 3.63) is 81.8 Å². The maximum Gasteiger partial charge on any atom is 2.00 e. The zero-order chi connectivity index (χ0) is 21.9. The second kappa shape index (κ2) is 13.9. The summed E-state index contributed by atoms with van der Waals surface area (Å²) >= 11 is 11.0. The van der Waals surface area contributed by atoms with E-state index in [2.05, 4.69) is 20.5 Å². The smallest absolute Gasteiger partial charge is 0.760 e. The van der Waals surface area contributed by atoms with Crippen LogP contribution in [0.1, 0.15) is 11.1 Å². The van der Waals surface area contributed by atoms with Gasteiger partial charge in [-0.2, -0.15) is 20.5 Å². The number of hydrogen-bond donors (Lipinski definition) is 0. The van der Waals surface area contributed by atoms with E-state index in [1.807, 2.05) is 98.7 Å². The SMILES string of the molecule is CN(C)/C([S-])=C(/N=NCCN=N/C(=C(\[S-])N(C)C)c1ccccc1)c1ccccc1.[Ni+2]. The second-order valence-electron chi connectivity index (χ2n) is 6.76. The predicted molar refractivity (Wildman–Crippen MR) is 128 cm³/mol. The van der Waals surface area contributed by atoms with Gasteiger partial charge in [0, 0.05) is 39.3 Å². The first kappa shape index (κ1) is 26.7. The van der Waals surface area contributed by atoms with E-state index in [-0.39, 0.29) is 16.5 Å². The Morgan fingerprint density at radius 1 is 0.645 bits per heavy atom. The van der Waals surface area contributed by atoms with Crippen LogP contribution in [0.15, 0.2) is 91.2 Å². The van der Waals surface area contributed by atoms with Crippen molar-refractivity contribution in [2.24, 2.45) is 20.5 Å². The molecule has 0 N–H and O–H groups in total. The molecule has 0 bridgehead atoms. The number of benzene rings is 2. The summed E-state index contributed by atoms with van der Waals surface area (Å²) in [6.45, 7) is 0.791. The fourth-order valence-corrected chi connectivity index (χ4v) is 2.71. The summed E-state index contributed by atoms with van der Waals surface area (Å²) in [5, 5.41) is 18.5. The Kier molecular flexibility index (Phi) is 11.9. The first-order valence-electron chi connectivity index (χ1n) is 9.45. The van der Waals surface area contributed by atoms with Gasteiger partial charge in [-0.05, 0) is 0 Å². The Bertz CT molecular complexity index is 848. The number of rotatable bonds is 9. The molecular formula is C22H26N6NiS2. The monoisotopic (exact) mass is 496 g/mol. The van der Waals surface area contributed by atoms with Gasteiger partial charge >= 0.3 is 16.5 Å². The van der Waals surface area contributed by atoms with Crippen molar-refractivity contribution < 1.29 is 16.5 Å². The van der Waals surface area contributed by atoms with Crippen molar-refractivity contribution >= 4 is 36.7 Å². The molecule has 0 radical (unpaired) electrons. The molecule has 9 heteroatoms. The first-order chi connectivity index (χ1) is 14.4. The van der Waals surface area contributed by atoms with Gasteiger partial charge in [-0.15, -0.1) is 0 Å². The summed E-state index contributed by atoms with van der Waals surface area (Å²) in [6.07, 6.45) is 0. The van der Waals surface area contributed by atoms with E-state index in [0.717, 1.165) is 11.1 Å². The van der Waals surface area contributed by atoms with Crippen molar-refractivity contribution in [2.75, 3.05) is 41.3 Å². The third-order valence-electron chi connectivity index (χ3n) is 3.95. The summed E-state index contributed by atoms with van der Waals surface area (Å²) in [5.41, 5.74) is 3.19. The average Bonchev–Trinajstić information content (AvgIpc) is 2.76. The van der Waals surface area contributed by atoms with Crippen LogP contribution < -0.4 is 0 Å². The van der Waals surface area contributed by atoms with Crippen LogP contribution in [0.4, 0.5) is 0 Å². The quantitative estimate of drug-likeness (QED) is 0.217. The van der Waals surface area contributed by atoms with Gasteiger partial charge in [-0.1, -0.05) is 70.7 Å². The van der Waals surface area contributed by atoms with Gasteiger partial charge in [-0.25, -0.2) is 0 Å². The van der Waals surface area contributed by atoms with Gasteiger partial charge in [0.15, 0.2) is 0 Å². The molecule has 0 saturated heterocycles. The van der Waals surface area contributed by atoms with E-state index in [0.29, 0.717) is 34.5 Å². The van der Waals surface area contributed by atoms with E-state index >= 15 is 0 Å². The molecule has 166 valence electrons. The van der Waals surface area contributed by atoms with Crippen molar-refractivity contribution in [3.8, 4) is 0 Å². The molecule has 0 atom stereocenters. The third kappa shape index (κ3) is 8.36. The summed E-state index contributed by atoms with van der Waals surface area (Å²) in [6, 6.07) is 19.6. The van der Waals surface area contributed by atoms with Gasteiger partial charge < -0.3 is 35.1 Å². The second-order valence-corrected chi connectivity index (χ2v) is 7.53. The van der Waals surface area contributed by atoms with Gasteiger partial charge in [0.1, 0.15) is 0 Å². The van der Waals surface area contributed by atoms with Crippen LogP contribution >= 0.6 is 0 Å². The van der Waals surface area contributed by atoms with E-state index in [4.69, 9.17) is 25.3 Å². The molecule has 0 spiro atoms. The van der Waals surface area contributed by atoms with Crippen LogP contribution in [-0.2, 0) is 41.7 Å². The van der Waals surface area contributed by atoms with Crippen LogP contribution in [0, 0.1) is 0 Å². The van der Waals surface area contributed by atoms with E-state index < -0.39 is 0 Å². The van der Waals surface area contributed by atoms with Crippen molar-refractivity contribution in [2.45, 2.75) is 0 Å². The molecule has 0 aliphatic rings. The molecule has 0 fully saturated rings. The van der Waals surface area contributed by atoms with Crippen LogP contribution in [0.2, 0.25) is 0 Å². The third-order valence-corrected chi connectivity index (χ3v) is 5.07. The average molecular weight is 497 g/mol. The molecule has 0 amide bonds. The van der Waals surface area contributed by atoms with Crippen LogP contribution in [0.25, 0.3) is 11.4 Å². The normalized spacial score (nSPS) is 12.9. The molecule has 0 aromatic heterocycles. The molecular weight excluding hydrogens is 471 g/mol. The molecule has 0 unspecified atom stereocenters. The molecule has 31 heavy (non-hydrogen) atoms. The van der Waals surface area contributed by atoms with Crippen molar-refractivity contribution in [3.63, 3.8) is 0 Å². The Hall–Kier alpha value is -2.35. The van der Waals surface area contributed by atoms with Crippen LogP contribution in [-0.4, -0.2) is 51.1 Å². The zero-order valence-corrected chi connectivity index (χ0v) is 20.6. The van der Waals surface area contributed by atoms with E-state index in [1.54, 1.807) is 0 Å². The summed E-state index contributed by atoms with van der Waals surface area (Å²) in [4.78, 5) is 3.69. The summed E-state index contributed by atoms with van der Waals surface area (Å²) < 4.78 is 0. The molecule has 0 aliphatic heterocycles. The zero-order valence-electron chi connectivity index (χ0n) is 18.0. The Balaban J connectivity index is 0.00000480. The van der Waals surface area contributed by atoms with Crippen LogP contribution in [0.3, 0.4) is 0 Å². The van der Waals surface area contributed by atoms with Crippen LogP contribution in [0.5, 0.6) is 0 Å². The van der Waals surface area contributed by atoms with E-state index in [9.17, 15) is 0 Å². The summed E-state index contributed by atoms with van der Waals surface area (Å²) in [7, 11) is 7.57. The minimum Gasteiger partial charge on any atom is -0.760 e. The largest absolute Gasteiger partial charge is 2.00 e. The molecule has 0 saturated carbocycles. The van der Waals surface area contributed by atoms with E-state index in [1.165, 1.54) is 0 Å². The molecule has 2 rings (SSSR count). The summed E-state index contributed by atoms with van der Waals surface area (Å²) in [5.74, 6) is 0.